The topological polar surface area (TPSA) is 9.23 Å². The lowest BCUT2D eigenvalue weighted by molar-refractivity contribution is 0.0251. The average Bonchev–Trinajstić information content (AvgIpc) is 2.44. The zero-order valence-electron chi connectivity index (χ0n) is 11.5. The Balaban J connectivity index is 1.65. The summed E-state index contributed by atoms with van der Waals surface area (Å²) in [6, 6.07) is 12.1. The van der Waals surface area contributed by atoms with E-state index in [1.807, 2.05) is 0 Å². The molecule has 0 atom stereocenters. The van der Waals surface area contributed by atoms with Crippen LogP contribution in [0.15, 0.2) is 30.3 Å². The van der Waals surface area contributed by atoms with Crippen LogP contribution in [0.25, 0.3) is 0 Å². The number of hydrogen-bond donors (Lipinski definition) is 0. The number of rotatable bonds is 6. The quantitative estimate of drug-likeness (QED) is 0.263. The molecule has 0 spiro atoms. The third-order valence-corrected chi connectivity index (χ3v) is 8.39. The summed E-state index contributed by atoms with van der Waals surface area (Å²) in [7, 11) is 0. The molecule has 0 aliphatic heterocycles. The summed E-state index contributed by atoms with van der Waals surface area (Å²) in [5.41, 5.74) is 1.50. The second-order valence-electron chi connectivity index (χ2n) is 5.47. The number of halogens is 3. The predicted molar refractivity (Wildman–Crippen MR) is 99.4 cm³/mol. The summed E-state index contributed by atoms with van der Waals surface area (Å²) in [6.45, 7) is 0.887. The second kappa shape index (κ2) is 8.46. The molecule has 1 fully saturated rings. The molecule has 1 saturated carbocycles. The van der Waals surface area contributed by atoms with Crippen molar-refractivity contribution in [3.63, 3.8) is 0 Å². The van der Waals surface area contributed by atoms with Gasteiger partial charge in [0.15, 0.2) is 0 Å². The van der Waals surface area contributed by atoms with Crippen LogP contribution >= 0.6 is 45.9 Å². The van der Waals surface area contributed by atoms with Crippen molar-refractivity contribution in [1.29, 1.82) is 0 Å². The van der Waals surface area contributed by atoms with E-state index >= 15 is 0 Å². The predicted octanol–water partition coefficient (Wildman–Crippen LogP) is 6.24. The van der Waals surface area contributed by atoms with Gasteiger partial charge in [-0.05, 0) is 49.6 Å². The number of hydrogen-bond acceptors (Lipinski definition) is 1. The van der Waals surface area contributed by atoms with Crippen molar-refractivity contribution in [3.8, 4) is 0 Å². The third-order valence-electron chi connectivity index (χ3n) is 3.90. The van der Waals surface area contributed by atoms with Crippen LogP contribution in [-0.2, 0) is 4.74 Å². The van der Waals surface area contributed by atoms with Gasteiger partial charge < -0.3 is 4.74 Å². The fourth-order valence-corrected chi connectivity index (χ4v) is 5.88. The van der Waals surface area contributed by atoms with Crippen molar-refractivity contribution in [2.24, 2.45) is 0 Å². The molecule has 1 nitrogen and oxygen atoms in total. The minimum Gasteiger partial charge on any atom is -0.378 e. The van der Waals surface area contributed by atoms with Crippen molar-refractivity contribution in [2.45, 2.75) is 50.2 Å². The van der Waals surface area contributed by atoms with Gasteiger partial charge >= 0.3 is 0 Å². The first-order valence-corrected chi connectivity index (χ1v) is 16.3. The number of benzene rings is 1. The van der Waals surface area contributed by atoms with Crippen LogP contribution < -0.4 is 0 Å². The molecular weight excluding hydrogens is 464 g/mol. The highest BCUT2D eigenvalue weighted by Gasteiger charge is 2.24. The fraction of sp³-hybridized carbons (Fsp3) is 0.600. The standard InChI is InChI=1S/C15H21Br3OSi/c16-20(17,18)12-4-11-19-15-9-7-14(8-10-15)13-5-2-1-3-6-13/h1-3,5-6,14-15H,4,7-12H2. The lowest BCUT2D eigenvalue weighted by atomic mass is 9.83. The summed E-state index contributed by atoms with van der Waals surface area (Å²) in [4.78, 5) is 0. The lowest BCUT2D eigenvalue weighted by Crippen LogP contribution is -2.21. The van der Waals surface area contributed by atoms with Crippen LogP contribution in [0.4, 0.5) is 0 Å². The first-order chi connectivity index (χ1) is 9.54. The van der Waals surface area contributed by atoms with E-state index in [9.17, 15) is 0 Å². The molecule has 0 radical (unpaired) electrons. The Hall–Kier alpha value is 0.837. The van der Waals surface area contributed by atoms with Crippen LogP contribution in [0, 0.1) is 0 Å². The molecule has 0 N–H and O–H groups in total. The lowest BCUT2D eigenvalue weighted by Gasteiger charge is -2.29. The fourth-order valence-electron chi connectivity index (χ4n) is 2.81. The Morgan fingerprint density at radius 3 is 2.25 bits per heavy atom. The number of ether oxygens (including phenoxy) is 1. The summed E-state index contributed by atoms with van der Waals surface area (Å²) in [5, 5.41) is 0. The Bertz CT molecular complexity index is 386. The summed E-state index contributed by atoms with van der Waals surface area (Å²) >= 11 is 11.0. The van der Waals surface area contributed by atoms with Crippen molar-refractivity contribution >= 4 is 49.8 Å². The first kappa shape index (κ1) is 17.2. The van der Waals surface area contributed by atoms with E-state index in [-0.39, 0.29) is 0 Å². The van der Waals surface area contributed by atoms with Crippen molar-refractivity contribution in [2.75, 3.05) is 6.61 Å². The average molecular weight is 485 g/mol. The summed E-state index contributed by atoms with van der Waals surface area (Å²) in [5.74, 6) is 0.740. The maximum atomic E-state index is 6.02. The molecule has 0 unspecified atom stereocenters. The van der Waals surface area contributed by atoms with Crippen molar-refractivity contribution in [3.05, 3.63) is 35.9 Å². The van der Waals surface area contributed by atoms with Crippen LogP contribution in [0.1, 0.15) is 43.6 Å². The molecule has 0 bridgehead atoms. The van der Waals surface area contributed by atoms with E-state index in [1.54, 1.807) is 0 Å². The highest BCUT2D eigenvalue weighted by atomic mass is 80.0. The molecule has 5 heteroatoms. The normalized spacial score (nSPS) is 23.8. The van der Waals surface area contributed by atoms with E-state index in [4.69, 9.17) is 4.74 Å². The van der Waals surface area contributed by atoms with E-state index in [1.165, 1.54) is 31.2 Å². The van der Waals surface area contributed by atoms with Crippen LogP contribution in [-0.4, -0.2) is 16.6 Å². The van der Waals surface area contributed by atoms with Gasteiger partial charge in [-0.2, -0.15) is 0 Å². The van der Waals surface area contributed by atoms with Gasteiger partial charge in [-0.1, -0.05) is 76.2 Å². The maximum Gasteiger partial charge on any atom is 0.267 e. The Labute approximate surface area is 146 Å². The van der Waals surface area contributed by atoms with E-state index < -0.39 is 3.93 Å². The molecule has 1 aromatic carbocycles. The third kappa shape index (κ3) is 6.30. The van der Waals surface area contributed by atoms with E-state index in [0.717, 1.165) is 25.0 Å². The van der Waals surface area contributed by atoms with Gasteiger partial charge in [0, 0.05) is 6.61 Å². The molecule has 1 aliphatic carbocycles. The monoisotopic (exact) mass is 482 g/mol. The molecule has 20 heavy (non-hydrogen) atoms. The van der Waals surface area contributed by atoms with Crippen molar-refractivity contribution < 1.29 is 4.74 Å². The van der Waals surface area contributed by atoms with Gasteiger partial charge in [0.05, 0.1) is 6.10 Å². The Morgan fingerprint density at radius 1 is 1.00 bits per heavy atom. The highest BCUT2D eigenvalue weighted by Crippen LogP contribution is 2.35. The first-order valence-electron chi connectivity index (χ1n) is 7.28. The largest absolute Gasteiger partial charge is 0.378 e. The molecule has 0 saturated heterocycles. The van der Waals surface area contributed by atoms with Crippen molar-refractivity contribution in [1.82, 2.24) is 0 Å². The molecular formula is C15H21Br3OSi. The Kier molecular flexibility index (Phi) is 7.28. The van der Waals surface area contributed by atoms with Gasteiger partial charge in [0.1, 0.15) is 0 Å². The molecule has 1 aliphatic rings. The van der Waals surface area contributed by atoms with Crippen LogP contribution in [0.2, 0.25) is 6.04 Å². The molecule has 0 aromatic heterocycles. The maximum absolute atomic E-state index is 6.02. The molecule has 112 valence electrons. The summed E-state index contributed by atoms with van der Waals surface area (Å²) < 4.78 is 4.58. The minimum absolute atomic E-state index is 0.479. The van der Waals surface area contributed by atoms with E-state index in [0.29, 0.717) is 6.10 Å². The van der Waals surface area contributed by atoms with Gasteiger partial charge in [-0.3, -0.25) is 0 Å². The highest BCUT2D eigenvalue weighted by molar-refractivity contribution is 9.72. The van der Waals surface area contributed by atoms with Gasteiger partial charge in [0.25, 0.3) is 3.93 Å². The van der Waals surface area contributed by atoms with Crippen LogP contribution in [0.5, 0.6) is 0 Å². The zero-order chi connectivity index (χ0) is 14.4. The van der Waals surface area contributed by atoms with Gasteiger partial charge in [-0.15, -0.1) is 0 Å². The molecule has 2 rings (SSSR count). The van der Waals surface area contributed by atoms with Gasteiger partial charge in [-0.25, -0.2) is 0 Å². The van der Waals surface area contributed by atoms with Crippen LogP contribution in [0.3, 0.4) is 0 Å². The molecule has 1 aromatic rings. The molecule has 0 heterocycles. The smallest absolute Gasteiger partial charge is 0.267 e. The SMILES string of the molecule is Br[Si](Br)(Br)CCCOC1CCC(c2ccccc2)CC1. The summed E-state index contributed by atoms with van der Waals surface area (Å²) in [6.07, 6.45) is 6.54. The minimum atomic E-state index is -1.44. The van der Waals surface area contributed by atoms with E-state index in [2.05, 4.69) is 76.2 Å². The molecule has 0 amide bonds. The van der Waals surface area contributed by atoms with Gasteiger partial charge in [0.2, 0.25) is 0 Å². The second-order valence-corrected chi connectivity index (χ2v) is 29.0. The zero-order valence-corrected chi connectivity index (χ0v) is 17.3. The Morgan fingerprint density at radius 2 is 1.65 bits per heavy atom.